The Hall–Kier alpha value is -3.34. The maximum absolute atomic E-state index is 12.8. The molecule has 0 spiro atoms. The predicted molar refractivity (Wildman–Crippen MR) is 270 cm³/mol. The number of aliphatic hydroxyl groups excluding tert-OH is 1. The minimum Gasteiger partial charge on any atom is -0.462 e. The minimum absolute atomic E-state index is 0.0399. The lowest BCUT2D eigenvalue weighted by Gasteiger charge is -2.21. The number of hydrogen-bond donors (Lipinski definition) is 2. The molecule has 0 aromatic carbocycles. The first-order chi connectivity index (χ1) is 32.2. The number of phosphoric ester groups is 1. The topological polar surface area (TPSA) is 155 Å². The molecule has 0 saturated heterocycles. The summed E-state index contributed by atoms with van der Waals surface area (Å²) in [5, 5.41) is 9.75. The first kappa shape index (κ1) is 62.7. The number of allylic oxidation sites excluding steroid dienone is 14. The van der Waals surface area contributed by atoms with Crippen LogP contribution in [-0.4, -0.2) is 66.5 Å². The summed E-state index contributed by atoms with van der Waals surface area (Å²) in [7, 11) is -4.76. The first-order valence-electron chi connectivity index (χ1n) is 25.5. The average molecular weight is 947 g/mol. The molecule has 0 bridgehead atoms. The number of carbonyl (C=O) groups is 3. The number of aliphatic hydroxyl groups is 1. The molecule has 11 nitrogen and oxygen atoms in total. The van der Waals surface area contributed by atoms with E-state index in [1.165, 1.54) is 32.1 Å². The van der Waals surface area contributed by atoms with Crippen LogP contribution in [0.5, 0.6) is 0 Å². The lowest BCUT2D eigenvalue weighted by molar-refractivity contribution is -0.161. The second-order valence-electron chi connectivity index (χ2n) is 16.6. The van der Waals surface area contributed by atoms with Gasteiger partial charge in [0, 0.05) is 19.3 Å². The van der Waals surface area contributed by atoms with Crippen LogP contribution in [0.25, 0.3) is 0 Å². The smallest absolute Gasteiger partial charge is 0.462 e. The van der Waals surface area contributed by atoms with Crippen molar-refractivity contribution in [2.75, 3.05) is 26.4 Å². The Kier molecular flexibility index (Phi) is 45.7. The molecule has 0 saturated carbocycles. The van der Waals surface area contributed by atoms with Crippen molar-refractivity contribution < 1.29 is 52.2 Å². The highest BCUT2D eigenvalue weighted by molar-refractivity contribution is 7.47. The quantitative estimate of drug-likeness (QED) is 0.0197. The Labute approximate surface area is 400 Å². The number of ether oxygens (including phenoxy) is 3. The molecule has 12 heteroatoms. The molecular weight excluding hydrogens is 856 g/mol. The third-order valence-electron chi connectivity index (χ3n) is 10.3. The van der Waals surface area contributed by atoms with Crippen molar-refractivity contribution in [3.63, 3.8) is 0 Å². The molecule has 0 fully saturated rings. The van der Waals surface area contributed by atoms with Crippen molar-refractivity contribution in [1.82, 2.24) is 0 Å². The summed E-state index contributed by atoms with van der Waals surface area (Å²) < 4.78 is 39.2. The van der Waals surface area contributed by atoms with Crippen molar-refractivity contribution in [1.29, 1.82) is 0 Å². The fourth-order valence-electron chi connectivity index (χ4n) is 6.38. The maximum atomic E-state index is 12.8. The van der Waals surface area contributed by atoms with Crippen molar-refractivity contribution in [3.05, 3.63) is 85.1 Å². The van der Waals surface area contributed by atoms with Gasteiger partial charge in [-0.1, -0.05) is 170 Å². The third kappa shape index (κ3) is 45.8. The lowest BCUT2D eigenvalue weighted by Crippen LogP contribution is -2.30. The fraction of sp³-hybridized carbons (Fsp3) is 0.685. The van der Waals surface area contributed by atoms with Gasteiger partial charge in [0.25, 0.3) is 0 Å². The van der Waals surface area contributed by atoms with E-state index in [1.807, 2.05) is 12.2 Å². The molecule has 0 aliphatic rings. The zero-order chi connectivity index (χ0) is 48.4. The molecule has 3 unspecified atom stereocenters. The van der Waals surface area contributed by atoms with Crippen molar-refractivity contribution >= 4 is 25.7 Å². The Morgan fingerprint density at radius 3 is 1.36 bits per heavy atom. The van der Waals surface area contributed by atoms with Crippen LogP contribution in [0.2, 0.25) is 0 Å². The van der Waals surface area contributed by atoms with Crippen LogP contribution in [0.15, 0.2) is 85.1 Å². The van der Waals surface area contributed by atoms with E-state index in [0.717, 1.165) is 109 Å². The van der Waals surface area contributed by atoms with E-state index in [9.17, 15) is 28.9 Å². The molecule has 378 valence electrons. The third-order valence-corrected chi connectivity index (χ3v) is 11.2. The molecule has 0 aromatic rings. The Morgan fingerprint density at radius 2 is 0.833 bits per heavy atom. The maximum Gasteiger partial charge on any atom is 0.472 e. The van der Waals surface area contributed by atoms with Gasteiger partial charge in [-0.3, -0.25) is 23.4 Å². The highest BCUT2D eigenvalue weighted by Gasteiger charge is 2.28. The Balaban J connectivity index is 4.86. The zero-order valence-electron chi connectivity index (χ0n) is 41.4. The number of rotatable bonds is 46. The average Bonchev–Trinajstić information content (AvgIpc) is 3.30. The fourth-order valence-corrected chi connectivity index (χ4v) is 7.16. The number of esters is 3. The van der Waals surface area contributed by atoms with Crippen molar-refractivity contribution in [2.24, 2.45) is 0 Å². The van der Waals surface area contributed by atoms with Gasteiger partial charge in [-0.05, 0) is 96.3 Å². The predicted octanol–water partition coefficient (Wildman–Crippen LogP) is 14.4. The summed E-state index contributed by atoms with van der Waals surface area (Å²) in [5.41, 5.74) is 0. The van der Waals surface area contributed by atoms with Gasteiger partial charge in [0.05, 0.1) is 19.8 Å². The molecule has 2 N–H and O–H groups in total. The number of hydrogen-bond acceptors (Lipinski definition) is 10. The normalized spacial score (nSPS) is 14.2. The summed E-state index contributed by atoms with van der Waals surface area (Å²) in [6.07, 6.45) is 52.9. The van der Waals surface area contributed by atoms with Crippen molar-refractivity contribution in [2.45, 2.75) is 213 Å². The summed E-state index contributed by atoms with van der Waals surface area (Å²) in [6, 6.07) is 0. The minimum atomic E-state index is -4.76. The molecule has 0 rings (SSSR count). The summed E-state index contributed by atoms with van der Waals surface area (Å²) in [6.45, 7) is 4.32. The lowest BCUT2D eigenvalue weighted by atomic mass is 10.1. The molecule has 0 aliphatic carbocycles. The molecular formula is C54H91O11P. The summed E-state index contributed by atoms with van der Waals surface area (Å²) >= 11 is 0. The van der Waals surface area contributed by atoms with Crippen LogP contribution >= 0.6 is 7.82 Å². The van der Waals surface area contributed by atoms with E-state index in [1.54, 1.807) is 0 Å². The van der Waals surface area contributed by atoms with Crippen LogP contribution < -0.4 is 0 Å². The highest BCUT2D eigenvalue weighted by Crippen LogP contribution is 2.43. The zero-order valence-corrected chi connectivity index (χ0v) is 42.3. The Morgan fingerprint density at radius 1 is 0.439 bits per heavy atom. The summed E-state index contributed by atoms with van der Waals surface area (Å²) in [4.78, 5) is 48.2. The SMILES string of the molecule is CC/C=C\C/C=C\C/C=C\C/C=C\CCC(=O)OC(COC(=O)CCCCCCC/C=C\C/C=C\CCCCC)COP(=O)(O)OCC(CO)OC(=O)CCCCCCC/C=C\CCCC. The van der Waals surface area contributed by atoms with E-state index in [2.05, 4.69) is 93.7 Å². The molecule has 0 aromatic heterocycles. The molecule has 0 aliphatic heterocycles. The van der Waals surface area contributed by atoms with Gasteiger partial charge in [-0.25, -0.2) is 4.57 Å². The first-order valence-corrected chi connectivity index (χ1v) is 27.0. The van der Waals surface area contributed by atoms with Gasteiger partial charge < -0.3 is 24.2 Å². The second kappa shape index (κ2) is 48.1. The highest BCUT2D eigenvalue weighted by atomic mass is 31.2. The molecule has 0 radical (unpaired) electrons. The van der Waals surface area contributed by atoms with Crippen LogP contribution in [0.3, 0.4) is 0 Å². The standard InChI is InChI=1S/C54H91O11P/c1-4-7-10-13-16-19-22-24-25-27-29-31-34-37-40-43-52(56)61-47-51(65-54(58)45-42-39-36-33-30-26-23-20-17-14-11-8-5-2)49-63-66(59,60)62-48-50(46-55)64-53(57)44-41-38-35-32-28-21-18-15-12-9-6-3/h8,11,15-20,24-26,30,36,39,50-51,55H,4-7,9-10,12-14,21-23,27-29,31-35,37-38,40-49H2,1-3H3,(H,59,60)/b11-8-,18-15-,19-16-,20-17-,25-24-,30-26-,39-36-. The molecule has 66 heavy (non-hydrogen) atoms. The second-order valence-corrected chi connectivity index (χ2v) is 18.0. The van der Waals surface area contributed by atoms with Gasteiger partial charge in [-0.2, -0.15) is 0 Å². The molecule has 3 atom stereocenters. The van der Waals surface area contributed by atoms with Crippen LogP contribution in [-0.2, 0) is 42.2 Å². The van der Waals surface area contributed by atoms with Crippen LogP contribution in [0.1, 0.15) is 201 Å². The van der Waals surface area contributed by atoms with E-state index in [0.29, 0.717) is 19.3 Å². The van der Waals surface area contributed by atoms with Gasteiger partial charge in [0.15, 0.2) is 6.10 Å². The monoisotopic (exact) mass is 947 g/mol. The van der Waals surface area contributed by atoms with Gasteiger partial charge in [0.2, 0.25) is 0 Å². The van der Waals surface area contributed by atoms with Gasteiger partial charge in [0.1, 0.15) is 12.7 Å². The van der Waals surface area contributed by atoms with Crippen LogP contribution in [0, 0.1) is 0 Å². The molecule has 0 heterocycles. The van der Waals surface area contributed by atoms with E-state index >= 15 is 0 Å². The summed E-state index contributed by atoms with van der Waals surface area (Å²) in [5.74, 6) is -1.60. The largest absolute Gasteiger partial charge is 0.472 e. The number of unbranched alkanes of at least 4 members (excludes halogenated alkanes) is 15. The molecule has 0 amide bonds. The van der Waals surface area contributed by atoms with Crippen LogP contribution in [0.4, 0.5) is 0 Å². The van der Waals surface area contributed by atoms with E-state index in [-0.39, 0.29) is 25.9 Å². The van der Waals surface area contributed by atoms with Gasteiger partial charge >= 0.3 is 25.7 Å². The van der Waals surface area contributed by atoms with E-state index < -0.39 is 57.8 Å². The van der Waals surface area contributed by atoms with E-state index in [4.69, 9.17) is 23.3 Å². The van der Waals surface area contributed by atoms with Gasteiger partial charge in [-0.15, -0.1) is 0 Å². The number of phosphoric acid groups is 1. The number of carbonyl (C=O) groups excluding carboxylic acids is 3. The Bertz CT molecular complexity index is 1430. The van der Waals surface area contributed by atoms with Crippen molar-refractivity contribution in [3.8, 4) is 0 Å².